The number of aliphatic imine (C=N–C) groups is 1. The number of fused-ring (bicyclic) bond motifs is 1. The van der Waals surface area contributed by atoms with Gasteiger partial charge in [0.25, 0.3) is 0 Å². The van der Waals surface area contributed by atoms with Gasteiger partial charge < -0.3 is 14.4 Å². The summed E-state index contributed by atoms with van der Waals surface area (Å²) in [6, 6.07) is 10.1. The molecule has 2 saturated heterocycles. The van der Waals surface area contributed by atoms with Gasteiger partial charge in [0.15, 0.2) is 0 Å². The van der Waals surface area contributed by atoms with E-state index >= 15 is 0 Å². The molecule has 6 nitrogen and oxygen atoms in total. The van der Waals surface area contributed by atoms with Gasteiger partial charge in [0.1, 0.15) is 17.4 Å². The monoisotopic (exact) mass is 423 g/mol. The van der Waals surface area contributed by atoms with Gasteiger partial charge in [-0.2, -0.15) is 0 Å². The fraction of sp³-hybridized carbons (Fsp3) is 0.417. The molecule has 0 atom stereocenters. The lowest BCUT2D eigenvalue weighted by Crippen LogP contribution is -2.43. The van der Waals surface area contributed by atoms with E-state index in [1.807, 2.05) is 17.0 Å². The van der Waals surface area contributed by atoms with Gasteiger partial charge in [-0.15, -0.1) is 0 Å². The van der Waals surface area contributed by atoms with Crippen molar-refractivity contribution in [2.24, 2.45) is 10.4 Å². The Hall–Kier alpha value is -2.93. The van der Waals surface area contributed by atoms with Crippen LogP contribution in [0.5, 0.6) is 5.75 Å². The van der Waals surface area contributed by atoms with E-state index in [4.69, 9.17) is 14.5 Å². The van der Waals surface area contributed by atoms with Crippen LogP contribution in [0.3, 0.4) is 0 Å². The summed E-state index contributed by atoms with van der Waals surface area (Å²) < 4.78 is 24.4. The summed E-state index contributed by atoms with van der Waals surface area (Å²) in [6.07, 6.45) is 3.55. The number of amidine groups is 1. The molecule has 1 spiro atoms. The minimum absolute atomic E-state index is 0.0998. The molecule has 0 bridgehead atoms. The zero-order chi connectivity index (χ0) is 21.4. The normalized spacial score (nSPS) is 19.3. The molecule has 3 aliphatic heterocycles. The van der Waals surface area contributed by atoms with E-state index in [1.54, 1.807) is 19.2 Å². The van der Waals surface area contributed by atoms with Crippen molar-refractivity contribution in [3.8, 4) is 16.9 Å². The molecule has 0 radical (unpaired) electrons. The highest BCUT2D eigenvalue weighted by Crippen LogP contribution is 2.42. The number of nitrogens with one attached hydrogen (secondary N) is 1. The fourth-order valence-corrected chi connectivity index (χ4v) is 4.91. The predicted molar refractivity (Wildman–Crippen MR) is 116 cm³/mol. The van der Waals surface area contributed by atoms with E-state index in [0.29, 0.717) is 12.3 Å². The number of carbonyl (C=O) groups is 1. The van der Waals surface area contributed by atoms with Crippen molar-refractivity contribution in [1.29, 1.82) is 0 Å². The lowest BCUT2D eigenvalue weighted by atomic mass is 9.80. The SMILES string of the molecule is COc1ccc(-c2ccc(F)cc2)c2c1CC(NC(=O)N1CCC3(CCOCC3)C1)=N2. The van der Waals surface area contributed by atoms with Crippen molar-refractivity contribution < 1.29 is 18.7 Å². The van der Waals surface area contributed by atoms with Crippen LogP contribution in [0, 0.1) is 11.2 Å². The van der Waals surface area contributed by atoms with Gasteiger partial charge in [-0.3, -0.25) is 5.32 Å². The van der Waals surface area contributed by atoms with Crippen LogP contribution in [0.15, 0.2) is 41.4 Å². The lowest BCUT2D eigenvalue weighted by molar-refractivity contribution is 0.0209. The van der Waals surface area contributed by atoms with Crippen molar-refractivity contribution >= 4 is 17.6 Å². The number of hydrogen-bond acceptors (Lipinski definition) is 4. The number of rotatable bonds is 2. The smallest absolute Gasteiger partial charge is 0.322 e. The van der Waals surface area contributed by atoms with Gasteiger partial charge in [0, 0.05) is 43.9 Å². The van der Waals surface area contributed by atoms with Crippen LogP contribution in [-0.2, 0) is 11.2 Å². The summed E-state index contributed by atoms with van der Waals surface area (Å²) in [7, 11) is 1.63. The molecule has 5 rings (SSSR count). The maximum Gasteiger partial charge on any atom is 0.322 e. The van der Waals surface area contributed by atoms with Crippen molar-refractivity contribution in [2.45, 2.75) is 25.7 Å². The molecular formula is C24H26FN3O3. The van der Waals surface area contributed by atoms with Gasteiger partial charge in [-0.05, 0) is 54.5 Å². The molecule has 2 aromatic rings. The van der Waals surface area contributed by atoms with E-state index in [2.05, 4.69) is 5.32 Å². The predicted octanol–water partition coefficient (Wildman–Crippen LogP) is 4.30. The van der Waals surface area contributed by atoms with E-state index in [9.17, 15) is 9.18 Å². The van der Waals surface area contributed by atoms with Crippen molar-refractivity contribution in [3.63, 3.8) is 0 Å². The summed E-state index contributed by atoms with van der Waals surface area (Å²) in [6.45, 7) is 3.09. The van der Waals surface area contributed by atoms with Crippen LogP contribution >= 0.6 is 0 Å². The number of carbonyl (C=O) groups excluding carboxylic acids is 1. The standard InChI is InChI=1S/C24H26FN3O3/c1-30-20-7-6-18(16-2-4-17(25)5-3-16)22-19(20)14-21(26-22)27-23(29)28-11-8-24(15-28)9-12-31-13-10-24/h2-7H,8-15H2,1H3,(H,26,27,29). The Morgan fingerprint density at radius 2 is 1.94 bits per heavy atom. The summed E-state index contributed by atoms with van der Waals surface area (Å²) in [4.78, 5) is 19.6. The van der Waals surface area contributed by atoms with Gasteiger partial charge in [0.05, 0.1) is 12.8 Å². The molecule has 0 aromatic heterocycles. The molecule has 3 heterocycles. The number of ether oxygens (including phenoxy) is 2. The highest BCUT2D eigenvalue weighted by molar-refractivity contribution is 6.04. The largest absolute Gasteiger partial charge is 0.496 e. The molecule has 2 aromatic carbocycles. The third-order valence-corrected chi connectivity index (χ3v) is 6.74. The Labute approximate surface area is 181 Å². The van der Waals surface area contributed by atoms with Crippen LogP contribution in [-0.4, -0.2) is 50.2 Å². The van der Waals surface area contributed by atoms with Gasteiger partial charge >= 0.3 is 6.03 Å². The van der Waals surface area contributed by atoms with Crippen molar-refractivity contribution in [3.05, 3.63) is 47.8 Å². The third kappa shape index (κ3) is 3.78. The topological polar surface area (TPSA) is 63.2 Å². The summed E-state index contributed by atoms with van der Waals surface area (Å²) in [5, 5.41) is 3.02. The lowest BCUT2D eigenvalue weighted by Gasteiger charge is -2.33. The van der Waals surface area contributed by atoms with Crippen LogP contribution in [0.2, 0.25) is 0 Å². The van der Waals surface area contributed by atoms with Crippen LogP contribution in [0.4, 0.5) is 14.9 Å². The van der Waals surface area contributed by atoms with Gasteiger partial charge in [0.2, 0.25) is 0 Å². The first-order valence-corrected chi connectivity index (χ1v) is 10.7. The van der Waals surface area contributed by atoms with Crippen molar-refractivity contribution in [1.82, 2.24) is 10.2 Å². The van der Waals surface area contributed by atoms with Crippen molar-refractivity contribution in [2.75, 3.05) is 33.4 Å². The molecule has 0 unspecified atom stereocenters. The quantitative estimate of drug-likeness (QED) is 0.783. The van der Waals surface area contributed by atoms with E-state index in [1.165, 1.54) is 12.1 Å². The summed E-state index contributed by atoms with van der Waals surface area (Å²) in [5.41, 5.74) is 3.67. The molecule has 1 N–H and O–H groups in total. The first-order chi connectivity index (χ1) is 15.1. The molecule has 0 saturated carbocycles. The highest BCUT2D eigenvalue weighted by Gasteiger charge is 2.41. The average Bonchev–Trinajstić information content (AvgIpc) is 3.39. The van der Waals surface area contributed by atoms with E-state index < -0.39 is 0 Å². The highest BCUT2D eigenvalue weighted by atomic mass is 19.1. The van der Waals surface area contributed by atoms with E-state index in [0.717, 1.165) is 73.7 Å². The van der Waals surface area contributed by atoms with Crippen LogP contribution in [0.25, 0.3) is 11.1 Å². The average molecular weight is 423 g/mol. The molecule has 162 valence electrons. The van der Waals surface area contributed by atoms with Crippen LogP contribution < -0.4 is 10.1 Å². The second-order valence-electron chi connectivity index (χ2n) is 8.60. The number of urea groups is 1. The number of amides is 2. The van der Waals surface area contributed by atoms with E-state index in [-0.39, 0.29) is 17.3 Å². The molecule has 3 aliphatic rings. The molecule has 31 heavy (non-hydrogen) atoms. The zero-order valence-corrected chi connectivity index (χ0v) is 17.6. The second kappa shape index (κ2) is 7.96. The Morgan fingerprint density at radius 1 is 1.16 bits per heavy atom. The third-order valence-electron chi connectivity index (χ3n) is 6.74. The summed E-state index contributed by atoms with van der Waals surface area (Å²) >= 11 is 0. The first-order valence-electron chi connectivity index (χ1n) is 10.7. The number of hydrogen-bond donors (Lipinski definition) is 1. The minimum Gasteiger partial charge on any atom is -0.496 e. The van der Waals surface area contributed by atoms with Gasteiger partial charge in [-0.25, -0.2) is 14.2 Å². The Bertz CT molecular complexity index is 1030. The second-order valence-corrected chi connectivity index (χ2v) is 8.60. The Morgan fingerprint density at radius 3 is 2.68 bits per heavy atom. The molecular weight excluding hydrogens is 397 g/mol. The maximum absolute atomic E-state index is 13.4. The number of likely N-dealkylation sites (tertiary alicyclic amines) is 1. The summed E-state index contributed by atoms with van der Waals surface area (Å²) in [5.74, 6) is 1.07. The minimum atomic E-state index is -0.279. The van der Waals surface area contributed by atoms with Gasteiger partial charge in [-0.1, -0.05) is 12.1 Å². The Balaban J connectivity index is 1.35. The number of benzene rings is 2. The molecule has 2 fully saturated rings. The molecule has 7 heteroatoms. The maximum atomic E-state index is 13.4. The number of nitrogens with zero attached hydrogens (tertiary/aromatic N) is 2. The first kappa shape index (κ1) is 20.0. The number of methoxy groups -OCH3 is 1. The Kier molecular flexibility index (Phi) is 5.14. The zero-order valence-electron chi connectivity index (χ0n) is 17.6. The molecule has 2 amide bonds. The fourth-order valence-electron chi connectivity index (χ4n) is 4.91. The molecule has 0 aliphatic carbocycles. The van der Waals surface area contributed by atoms with Crippen LogP contribution in [0.1, 0.15) is 24.8 Å². The number of halogens is 1.